The van der Waals surface area contributed by atoms with E-state index in [9.17, 15) is 0 Å². The van der Waals surface area contributed by atoms with Crippen LogP contribution in [0, 0.1) is 0 Å². The first-order chi connectivity index (χ1) is 9.40. The molecule has 0 aliphatic heterocycles. The van der Waals surface area contributed by atoms with Gasteiger partial charge in [-0.3, -0.25) is 0 Å². The second kappa shape index (κ2) is 8.12. The highest BCUT2D eigenvalue weighted by Crippen LogP contribution is 2.20. The molecule has 0 nitrogen and oxygen atoms in total. The van der Waals surface area contributed by atoms with Crippen LogP contribution in [0.15, 0.2) is 54.6 Å². The Kier molecular flexibility index (Phi) is 6.11. The zero-order valence-corrected chi connectivity index (χ0v) is 12.7. The quantitative estimate of drug-likeness (QED) is 0.477. The molecular formula is C18H23P. The Morgan fingerprint density at radius 1 is 0.737 bits per heavy atom. The Hall–Kier alpha value is -1.13. The van der Waals surface area contributed by atoms with E-state index in [1.165, 1.54) is 48.3 Å². The van der Waals surface area contributed by atoms with Crippen molar-refractivity contribution in [2.75, 3.05) is 6.16 Å². The molecule has 1 unspecified atom stereocenters. The lowest BCUT2D eigenvalue weighted by molar-refractivity contribution is 0.706. The molecule has 0 saturated carbocycles. The zero-order chi connectivity index (χ0) is 13.3. The van der Waals surface area contributed by atoms with Crippen LogP contribution in [-0.4, -0.2) is 6.16 Å². The highest BCUT2D eigenvalue weighted by molar-refractivity contribution is 7.47. The van der Waals surface area contributed by atoms with E-state index in [1.807, 2.05) is 0 Å². The maximum Gasteiger partial charge on any atom is -0.0184 e. The van der Waals surface area contributed by atoms with E-state index in [2.05, 4.69) is 61.5 Å². The maximum atomic E-state index is 2.29. The Balaban J connectivity index is 1.85. The third-order valence-electron chi connectivity index (χ3n) is 3.35. The van der Waals surface area contributed by atoms with Crippen LogP contribution in [-0.2, 0) is 0 Å². The van der Waals surface area contributed by atoms with E-state index in [-0.39, 0.29) is 0 Å². The fourth-order valence-corrected chi connectivity index (χ4v) is 3.31. The minimum Gasteiger partial charge on any atom is -0.0904 e. The van der Waals surface area contributed by atoms with Gasteiger partial charge in [0.25, 0.3) is 0 Å². The summed E-state index contributed by atoms with van der Waals surface area (Å²) in [5.41, 5.74) is 2.63. The zero-order valence-electron chi connectivity index (χ0n) is 11.7. The summed E-state index contributed by atoms with van der Waals surface area (Å²) in [6.07, 6.45) is 6.84. The molecule has 0 aliphatic rings. The standard InChI is InChI=1S/C18H23P/c1-2-3-4-8-15-19-18-13-11-17(12-14-18)16-9-6-5-7-10-16/h5-7,9-14,19H,2-4,8,15H2,1H3. The SMILES string of the molecule is CCCCCCPc1ccc(-c2ccccc2)cc1. The number of benzene rings is 2. The second-order valence-electron chi connectivity index (χ2n) is 4.93. The summed E-state index contributed by atoms with van der Waals surface area (Å²) in [6.45, 7) is 2.27. The molecule has 0 fully saturated rings. The first kappa shape index (κ1) is 14.3. The fourth-order valence-electron chi connectivity index (χ4n) is 2.20. The highest BCUT2D eigenvalue weighted by atomic mass is 31.1. The van der Waals surface area contributed by atoms with E-state index >= 15 is 0 Å². The lowest BCUT2D eigenvalue weighted by Crippen LogP contribution is -1.95. The van der Waals surface area contributed by atoms with Crippen molar-refractivity contribution >= 4 is 13.9 Å². The summed E-state index contributed by atoms with van der Waals surface area (Å²) in [5.74, 6) is 0. The average Bonchev–Trinajstić information content (AvgIpc) is 2.49. The average molecular weight is 270 g/mol. The summed E-state index contributed by atoms with van der Waals surface area (Å²) in [6, 6.07) is 19.7. The molecule has 19 heavy (non-hydrogen) atoms. The molecular weight excluding hydrogens is 247 g/mol. The molecule has 100 valence electrons. The predicted octanol–water partition coefficient (Wildman–Crippen LogP) is 5.24. The van der Waals surface area contributed by atoms with Crippen molar-refractivity contribution in [1.29, 1.82) is 0 Å². The molecule has 0 amide bonds. The summed E-state index contributed by atoms with van der Waals surface area (Å²) in [4.78, 5) is 0. The van der Waals surface area contributed by atoms with Gasteiger partial charge in [-0.1, -0.05) is 89.4 Å². The van der Waals surface area contributed by atoms with Gasteiger partial charge >= 0.3 is 0 Å². The van der Waals surface area contributed by atoms with Gasteiger partial charge in [-0.25, -0.2) is 0 Å². The molecule has 0 saturated heterocycles. The van der Waals surface area contributed by atoms with Gasteiger partial charge < -0.3 is 0 Å². The summed E-state index contributed by atoms with van der Waals surface area (Å²) >= 11 is 0. The van der Waals surface area contributed by atoms with Crippen molar-refractivity contribution in [1.82, 2.24) is 0 Å². The molecule has 1 atom stereocenters. The van der Waals surface area contributed by atoms with Crippen LogP contribution in [0.5, 0.6) is 0 Å². The maximum absolute atomic E-state index is 2.29. The molecule has 0 N–H and O–H groups in total. The normalized spacial score (nSPS) is 11.2. The Morgan fingerprint density at radius 3 is 2.11 bits per heavy atom. The molecule has 0 aromatic heterocycles. The highest BCUT2D eigenvalue weighted by Gasteiger charge is 1.97. The summed E-state index contributed by atoms with van der Waals surface area (Å²) in [5, 5.41) is 1.50. The van der Waals surface area contributed by atoms with Gasteiger partial charge in [0, 0.05) is 0 Å². The molecule has 2 aromatic carbocycles. The molecule has 2 aromatic rings. The summed E-state index contributed by atoms with van der Waals surface area (Å²) < 4.78 is 0. The van der Waals surface area contributed by atoms with Crippen molar-refractivity contribution < 1.29 is 0 Å². The van der Waals surface area contributed by atoms with Crippen molar-refractivity contribution in [3.05, 3.63) is 54.6 Å². The van der Waals surface area contributed by atoms with Gasteiger partial charge in [0.15, 0.2) is 0 Å². The van der Waals surface area contributed by atoms with Gasteiger partial charge in [-0.05, 0) is 29.0 Å². The Bertz CT molecular complexity index is 459. The Morgan fingerprint density at radius 2 is 1.42 bits per heavy atom. The molecule has 0 heterocycles. The number of hydrogen-bond donors (Lipinski definition) is 0. The van der Waals surface area contributed by atoms with Gasteiger partial charge in [0.2, 0.25) is 0 Å². The lowest BCUT2D eigenvalue weighted by atomic mass is 10.1. The summed E-state index contributed by atoms with van der Waals surface area (Å²) in [7, 11) is 0.970. The van der Waals surface area contributed by atoms with E-state index in [4.69, 9.17) is 0 Å². The number of rotatable bonds is 7. The van der Waals surface area contributed by atoms with Crippen LogP contribution >= 0.6 is 8.58 Å². The van der Waals surface area contributed by atoms with Crippen LogP contribution < -0.4 is 5.30 Å². The van der Waals surface area contributed by atoms with Crippen molar-refractivity contribution in [2.24, 2.45) is 0 Å². The van der Waals surface area contributed by atoms with Crippen molar-refractivity contribution in [3.63, 3.8) is 0 Å². The number of hydrogen-bond acceptors (Lipinski definition) is 0. The van der Waals surface area contributed by atoms with Crippen LogP contribution in [0.25, 0.3) is 11.1 Å². The molecule has 0 spiro atoms. The first-order valence-electron chi connectivity index (χ1n) is 7.29. The minimum atomic E-state index is 0.970. The van der Waals surface area contributed by atoms with E-state index in [1.54, 1.807) is 0 Å². The predicted molar refractivity (Wildman–Crippen MR) is 88.8 cm³/mol. The van der Waals surface area contributed by atoms with E-state index in [0.717, 1.165) is 8.58 Å². The van der Waals surface area contributed by atoms with Crippen LogP contribution in [0.2, 0.25) is 0 Å². The topological polar surface area (TPSA) is 0 Å². The molecule has 0 radical (unpaired) electrons. The van der Waals surface area contributed by atoms with E-state index in [0.29, 0.717) is 0 Å². The largest absolute Gasteiger partial charge is 0.0904 e. The second-order valence-corrected chi connectivity index (χ2v) is 6.36. The molecule has 2 rings (SSSR count). The van der Waals surface area contributed by atoms with Crippen molar-refractivity contribution in [3.8, 4) is 11.1 Å². The number of unbranched alkanes of at least 4 members (excludes halogenated alkanes) is 3. The van der Waals surface area contributed by atoms with Gasteiger partial charge in [-0.15, -0.1) is 0 Å². The minimum absolute atomic E-state index is 0.970. The van der Waals surface area contributed by atoms with Gasteiger partial charge in [-0.2, -0.15) is 0 Å². The van der Waals surface area contributed by atoms with Crippen LogP contribution in [0.4, 0.5) is 0 Å². The molecule has 0 aliphatic carbocycles. The Labute approximate surface area is 119 Å². The van der Waals surface area contributed by atoms with Gasteiger partial charge in [0.05, 0.1) is 0 Å². The van der Waals surface area contributed by atoms with Gasteiger partial charge in [0.1, 0.15) is 0 Å². The van der Waals surface area contributed by atoms with Crippen LogP contribution in [0.1, 0.15) is 32.6 Å². The monoisotopic (exact) mass is 270 g/mol. The lowest BCUT2D eigenvalue weighted by Gasteiger charge is -2.05. The first-order valence-corrected chi connectivity index (χ1v) is 8.50. The third kappa shape index (κ3) is 4.80. The third-order valence-corrected chi connectivity index (χ3v) is 4.70. The fraction of sp³-hybridized carbons (Fsp3) is 0.333. The van der Waals surface area contributed by atoms with Crippen molar-refractivity contribution in [2.45, 2.75) is 32.6 Å². The molecule has 0 bridgehead atoms. The van der Waals surface area contributed by atoms with Crippen LogP contribution in [0.3, 0.4) is 0 Å². The molecule has 1 heteroatoms. The smallest absolute Gasteiger partial charge is 0.0184 e. The van der Waals surface area contributed by atoms with E-state index < -0.39 is 0 Å².